The molecule has 3 aromatic rings. The summed E-state index contributed by atoms with van der Waals surface area (Å²) in [5.41, 5.74) is 0.770. The van der Waals surface area contributed by atoms with Crippen LogP contribution in [0.2, 0.25) is 5.02 Å². The van der Waals surface area contributed by atoms with Gasteiger partial charge in [0.05, 0.1) is 30.5 Å². The van der Waals surface area contributed by atoms with Gasteiger partial charge in [-0.15, -0.1) is 0 Å². The van der Waals surface area contributed by atoms with Crippen molar-refractivity contribution in [3.8, 4) is 11.5 Å². The summed E-state index contributed by atoms with van der Waals surface area (Å²) in [7, 11) is 2.98. The summed E-state index contributed by atoms with van der Waals surface area (Å²) in [5, 5.41) is 8.92. The van der Waals surface area contributed by atoms with Gasteiger partial charge in [0.1, 0.15) is 11.5 Å². The van der Waals surface area contributed by atoms with Gasteiger partial charge in [-0.3, -0.25) is 4.79 Å². The second kappa shape index (κ2) is 10.4. The lowest BCUT2D eigenvalue weighted by molar-refractivity contribution is 0.102. The highest BCUT2D eigenvalue weighted by Gasteiger charge is 2.19. The molecule has 0 heterocycles. The number of rotatable bonds is 6. The minimum absolute atomic E-state index is 0.232. The number of hydrogen-bond acceptors (Lipinski definition) is 4. The minimum atomic E-state index is -1.71. The third kappa shape index (κ3) is 5.65. The highest BCUT2D eigenvalue weighted by Crippen LogP contribution is 2.36. The third-order valence-corrected chi connectivity index (χ3v) is 4.90. The average Bonchev–Trinajstić information content (AvgIpc) is 2.79. The fourth-order valence-electron chi connectivity index (χ4n) is 2.78. The molecule has 0 aliphatic heterocycles. The molecule has 0 bridgehead atoms. The Morgan fingerprint density at radius 3 is 2.06 bits per heavy atom. The van der Waals surface area contributed by atoms with Crippen molar-refractivity contribution in [3.05, 3.63) is 76.6 Å². The number of anilines is 3. The standard InChI is InChI=1S/C22H17ClF3N3O3S/c1-31-17-10-18(32-2)16(9-14(17)23)29-22(33)28-12-5-3-11(4-6-12)27-21(30)13-7-8-15(24)20(26)19(13)25/h3-10H,1-2H3,(H,27,30)(H2,28,29,33). The first-order valence-corrected chi connectivity index (χ1v) is 10.1. The summed E-state index contributed by atoms with van der Waals surface area (Å²) in [5.74, 6) is -4.66. The van der Waals surface area contributed by atoms with Crippen LogP contribution in [0.5, 0.6) is 11.5 Å². The van der Waals surface area contributed by atoms with E-state index in [2.05, 4.69) is 16.0 Å². The number of amides is 1. The molecule has 0 saturated carbocycles. The van der Waals surface area contributed by atoms with E-state index in [1.807, 2.05) is 0 Å². The van der Waals surface area contributed by atoms with Crippen molar-refractivity contribution in [2.75, 3.05) is 30.2 Å². The molecular formula is C22H17ClF3N3O3S. The second-order valence-corrected chi connectivity index (χ2v) is 7.34. The van der Waals surface area contributed by atoms with E-state index < -0.39 is 28.9 Å². The first kappa shape index (κ1) is 24.1. The zero-order valence-electron chi connectivity index (χ0n) is 17.3. The maximum atomic E-state index is 13.8. The Labute approximate surface area is 197 Å². The van der Waals surface area contributed by atoms with Crippen molar-refractivity contribution < 1.29 is 27.4 Å². The van der Waals surface area contributed by atoms with Gasteiger partial charge in [0.15, 0.2) is 22.6 Å². The highest BCUT2D eigenvalue weighted by atomic mass is 35.5. The normalized spacial score (nSPS) is 10.4. The number of carbonyl (C=O) groups is 1. The number of ether oxygens (including phenoxy) is 2. The Bertz CT molecular complexity index is 1210. The number of thiocarbonyl (C=S) groups is 1. The summed E-state index contributed by atoms with van der Waals surface area (Å²) >= 11 is 11.5. The van der Waals surface area contributed by atoms with E-state index >= 15 is 0 Å². The predicted octanol–water partition coefficient (Wildman–Crippen LogP) is 5.84. The molecule has 0 aliphatic rings. The fourth-order valence-corrected chi connectivity index (χ4v) is 3.25. The van der Waals surface area contributed by atoms with Gasteiger partial charge in [-0.25, -0.2) is 13.2 Å². The van der Waals surface area contributed by atoms with Gasteiger partial charge in [0, 0.05) is 17.4 Å². The van der Waals surface area contributed by atoms with E-state index in [4.69, 9.17) is 33.3 Å². The second-order valence-electron chi connectivity index (χ2n) is 6.52. The van der Waals surface area contributed by atoms with Crippen LogP contribution in [-0.2, 0) is 0 Å². The molecule has 0 spiro atoms. The molecule has 0 fully saturated rings. The van der Waals surface area contributed by atoms with Crippen LogP contribution in [0.15, 0.2) is 48.5 Å². The molecule has 3 aromatic carbocycles. The lowest BCUT2D eigenvalue weighted by Crippen LogP contribution is -2.19. The maximum absolute atomic E-state index is 13.8. The van der Waals surface area contributed by atoms with Gasteiger partial charge < -0.3 is 25.4 Å². The van der Waals surface area contributed by atoms with Crippen molar-refractivity contribution in [1.29, 1.82) is 0 Å². The lowest BCUT2D eigenvalue weighted by atomic mass is 10.1. The molecule has 0 aliphatic carbocycles. The molecule has 0 unspecified atom stereocenters. The van der Waals surface area contributed by atoms with Crippen LogP contribution in [0.25, 0.3) is 0 Å². The molecule has 6 nitrogen and oxygen atoms in total. The lowest BCUT2D eigenvalue weighted by Gasteiger charge is -2.15. The van der Waals surface area contributed by atoms with Crippen molar-refractivity contribution in [1.82, 2.24) is 0 Å². The zero-order valence-corrected chi connectivity index (χ0v) is 18.8. The van der Waals surface area contributed by atoms with Crippen molar-refractivity contribution >= 4 is 51.9 Å². The van der Waals surface area contributed by atoms with Crippen molar-refractivity contribution in [2.45, 2.75) is 0 Å². The molecule has 0 saturated heterocycles. The van der Waals surface area contributed by atoms with Crippen LogP contribution in [0.1, 0.15) is 10.4 Å². The van der Waals surface area contributed by atoms with Crippen molar-refractivity contribution in [3.63, 3.8) is 0 Å². The monoisotopic (exact) mass is 495 g/mol. The summed E-state index contributed by atoms with van der Waals surface area (Å²) in [4.78, 5) is 12.2. The first-order chi connectivity index (χ1) is 15.7. The largest absolute Gasteiger partial charge is 0.495 e. The Hall–Kier alpha value is -3.50. The molecule has 172 valence electrons. The minimum Gasteiger partial charge on any atom is -0.495 e. The molecule has 11 heteroatoms. The molecular weight excluding hydrogens is 479 g/mol. The molecule has 3 N–H and O–H groups in total. The Morgan fingerprint density at radius 2 is 1.45 bits per heavy atom. The Balaban J connectivity index is 1.65. The fraction of sp³-hybridized carbons (Fsp3) is 0.0909. The number of hydrogen-bond donors (Lipinski definition) is 3. The topological polar surface area (TPSA) is 71.6 Å². The number of nitrogens with one attached hydrogen (secondary N) is 3. The molecule has 0 atom stereocenters. The number of methoxy groups -OCH3 is 2. The maximum Gasteiger partial charge on any atom is 0.258 e. The van der Waals surface area contributed by atoms with Crippen LogP contribution in [0.4, 0.5) is 30.2 Å². The van der Waals surface area contributed by atoms with Gasteiger partial charge in [0.2, 0.25) is 0 Å². The van der Waals surface area contributed by atoms with Crippen LogP contribution in [-0.4, -0.2) is 25.2 Å². The molecule has 3 rings (SSSR count). The zero-order chi connectivity index (χ0) is 24.1. The first-order valence-electron chi connectivity index (χ1n) is 9.28. The van der Waals surface area contributed by atoms with Gasteiger partial charge in [-0.05, 0) is 54.7 Å². The van der Waals surface area contributed by atoms with E-state index in [1.54, 1.807) is 24.3 Å². The van der Waals surface area contributed by atoms with E-state index in [9.17, 15) is 18.0 Å². The molecule has 1 amide bonds. The smallest absolute Gasteiger partial charge is 0.258 e. The quantitative estimate of drug-likeness (QED) is 0.295. The summed E-state index contributed by atoms with van der Waals surface area (Å²) in [6.45, 7) is 0. The third-order valence-electron chi connectivity index (χ3n) is 4.40. The highest BCUT2D eigenvalue weighted by molar-refractivity contribution is 7.80. The molecule has 0 aromatic heterocycles. The van der Waals surface area contributed by atoms with E-state index in [1.165, 1.54) is 26.4 Å². The van der Waals surface area contributed by atoms with E-state index in [0.29, 0.717) is 39.7 Å². The van der Waals surface area contributed by atoms with Crippen LogP contribution in [0.3, 0.4) is 0 Å². The Kier molecular flexibility index (Phi) is 7.62. The van der Waals surface area contributed by atoms with E-state index in [0.717, 1.165) is 6.07 Å². The molecule has 33 heavy (non-hydrogen) atoms. The van der Waals surface area contributed by atoms with Crippen LogP contribution >= 0.6 is 23.8 Å². The Morgan fingerprint density at radius 1 is 0.848 bits per heavy atom. The van der Waals surface area contributed by atoms with Gasteiger partial charge >= 0.3 is 0 Å². The molecule has 0 radical (unpaired) electrons. The summed E-state index contributed by atoms with van der Waals surface area (Å²) < 4.78 is 50.6. The van der Waals surface area contributed by atoms with Crippen LogP contribution in [0, 0.1) is 17.5 Å². The summed E-state index contributed by atoms with van der Waals surface area (Å²) in [6, 6.07) is 11.0. The van der Waals surface area contributed by atoms with Gasteiger partial charge in [-0.1, -0.05) is 11.6 Å². The number of benzene rings is 3. The summed E-state index contributed by atoms with van der Waals surface area (Å²) in [6.07, 6.45) is 0. The van der Waals surface area contributed by atoms with Crippen molar-refractivity contribution in [2.24, 2.45) is 0 Å². The predicted molar refractivity (Wildman–Crippen MR) is 125 cm³/mol. The SMILES string of the molecule is COc1cc(OC)c(NC(=S)Nc2ccc(NC(=O)c3ccc(F)c(F)c3F)cc2)cc1Cl. The van der Waals surface area contributed by atoms with Gasteiger partial charge in [-0.2, -0.15) is 0 Å². The average molecular weight is 496 g/mol. The van der Waals surface area contributed by atoms with Crippen LogP contribution < -0.4 is 25.4 Å². The number of halogens is 4. The number of carbonyl (C=O) groups excluding carboxylic acids is 1. The van der Waals surface area contributed by atoms with E-state index in [-0.39, 0.29) is 5.11 Å². The van der Waals surface area contributed by atoms with Gasteiger partial charge in [0.25, 0.3) is 5.91 Å².